The molecule has 0 radical (unpaired) electrons. The number of hydrogen-bond acceptors (Lipinski definition) is 8. The van der Waals surface area contributed by atoms with Crippen LogP contribution < -0.4 is 36.9 Å². The van der Waals surface area contributed by atoms with Gasteiger partial charge < -0.3 is 41.6 Å². The van der Waals surface area contributed by atoms with E-state index in [9.17, 15) is 19.2 Å². The molecule has 62 heavy (non-hydrogen) atoms. The third kappa shape index (κ3) is 12.9. The van der Waals surface area contributed by atoms with Gasteiger partial charge in [-0.2, -0.15) is 0 Å². The number of ether oxygens (including phenoxy) is 3. The fourth-order valence-electron chi connectivity index (χ4n) is 7.02. The van der Waals surface area contributed by atoms with Gasteiger partial charge in [0.1, 0.15) is 42.8 Å². The van der Waals surface area contributed by atoms with Gasteiger partial charge in [-0.3, -0.25) is 19.4 Å². The van der Waals surface area contributed by atoms with Gasteiger partial charge in [0.15, 0.2) is 12.6 Å². The Labute approximate surface area is 362 Å². The van der Waals surface area contributed by atoms with Gasteiger partial charge in [-0.05, 0) is 70.8 Å². The zero-order chi connectivity index (χ0) is 44.4. The monoisotopic (exact) mass is 840 g/mol. The Balaban J connectivity index is 1.35. The van der Waals surface area contributed by atoms with Crippen molar-refractivity contribution in [3.63, 3.8) is 0 Å². The fourth-order valence-corrected chi connectivity index (χ4v) is 7.02. The Bertz CT molecular complexity index is 2380. The van der Waals surface area contributed by atoms with E-state index in [0.717, 1.165) is 38.2 Å². The number of esters is 1. The van der Waals surface area contributed by atoms with E-state index in [1.54, 1.807) is 6.08 Å². The molecule has 0 fully saturated rings. The van der Waals surface area contributed by atoms with Crippen LogP contribution in [0.2, 0.25) is 0 Å². The van der Waals surface area contributed by atoms with Crippen molar-refractivity contribution in [1.29, 1.82) is 0 Å². The van der Waals surface area contributed by atoms with E-state index in [1.165, 1.54) is 6.08 Å². The zero-order valence-electron chi connectivity index (χ0n) is 35.3. The maximum absolute atomic E-state index is 14.0. The number of guanidine groups is 1. The number of fused-ring (bicyclic) bond motifs is 2. The highest BCUT2D eigenvalue weighted by Crippen LogP contribution is 2.45. The smallest absolute Gasteiger partial charge is 0.329 e. The van der Waals surface area contributed by atoms with Gasteiger partial charge in [0.25, 0.3) is 5.91 Å². The van der Waals surface area contributed by atoms with Crippen molar-refractivity contribution in [3.8, 4) is 22.6 Å². The van der Waals surface area contributed by atoms with Crippen molar-refractivity contribution >= 4 is 51.2 Å². The molecule has 5 aromatic carbocycles. The van der Waals surface area contributed by atoms with Crippen LogP contribution in [0.1, 0.15) is 45.1 Å². The van der Waals surface area contributed by atoms with E-state index >= 15 is 0 Å². The van der Waals surface area contributed by atoms with Crippen LogP contribution >= 0.6 is 0 Å². The molecule has 7 N–H and O–H groups in total. The summed E-state index contributed by atoms with van der Waals surface area (Å²) in [6.07, 6.45) is 3.96. The SMILES string of the molecule is C=CCOc1ccc2ccccc2c1-c1c(OCC(=O)N[C@H](CC(C)C)C(=O)N[C@H](CCCN=C(N)N)C(=O)N[C@@H](CC=C)C(=O)OCc2ccccc2)ccc2ccccc12. The van der Waals surface area contributed by atoms with Gasteiger partial charge in [-0.15, -0.1) is 6.58 Å². The van der Waals surface area contributed by atoms with Crippen LogP contribution in [0.3, 0.4) is 0 Å². The summed E-state index contributed by atoms with van der Waals surface area (Å²) in [5.41, 5.74) is 13.4. The number of carbonyl (C=O) groups excluding carboxylic acids is 4. The first-order valence-corrected chi connectivity index (χ1v) is 20.7. The highest BCUT2D eigenvalue weighted by atomic mass is 16.5. The number of carbonyl (C=O) groups is 4. The van der Waals surface area contributed by atoms with E-state index in [0.29, 0.717) is 17.9 Å². The Morgan fingerprint density at radius 2 is 1.27 bits per heavy atom. The van der Waals surface area contributed by atoms with E-state index in [4.69, 9.17) is 25.7 Å². The minimum absolute atomic E-state index is 0.0126. The van der Waals surface area contributed by atoms with Crippen LogP contribution in [0.15, 0.2) is 133 Å². The van der Waals surface area contributed by atoms with Crippen molar-refractivity contribution < 1.29 is 33.4 Å². The lowest BCUT2D eigenvalue weighted by Crippen LogP contribution is -2.56. The van der Waals surface area contributed by atoms with Gasteiger partial charge in [-0.1, -0.05) is 124 Å². The number of hydrogen-bond donors (Lipinski definition) is 5. The Morgan fingerprint density at radius 3 is 1.87 bits per heavy atom. The average molecular weight is 841 g/mol. The third-order valence-electron chi connectivity index (χ3n) is 9.91. The Morgan fingerprint density at radius 1 is 0.694 bits per heavy atom. The lowest BCUT2D eigenvalue weighted by molar-refractivity contribution is -0.149. The molecule has 0 spiro atoms. The van der Waals surface area contributed by atoms with E-state index in [-0.39, 0.29) is 50.9 Å². The number of nitrogens with one attached hydrogen (secondary N) is 3. The molecule has 0 aliphatic rings. The number of rotatable bonds is 23. The molecule has 0 saturated heterocycles. The molecule has 5 rings (SSSR count). The second-order valence-corrected chi connectivity index (χ2v) is 15.1. The van der Waals surface area contributed by atoms with Gasteiger partial charge in [0.2, 0.25) is 11.8 Å². The summed E-state index contributed by atoms with van der Waals surface area (Å²) in [6, 6.07) is 29.5. The summed E-state index contributed by atoms with van der Waals surface area (Å²) in [7, 11) is 0. The summed E-state index contributed by atoms with van der Waals surface area (Å²) >= 11 is 0. The molecule has 13 heteroatoms. The predicted octanol–water partition coefficient (Wildman–Crippen LogP) is 6.48. The highest BCUT2D eigenvalue weighted by Gasteiger charge is 2.30. The summed E-state index contributed by atoms with van der Waals surface area (Å²) in [5.74, 6) is -1.49. The van der Waals surface area contributed by atoms with Crippen LogP contribution in [0.25, 0.3) is 32.7 Å². The molecule has 0 bridgehead atoms. The molecule has 0 aliphatic carbocycles. The van der Waals surface area contributed by atoms with Crippen LogP contribution in [0, 0.1) is 5.92 Å². The third-order valence-corrected chi connectivity index (χ3v) is 9.91. The minimum atomic E-state index is -1.12. The molecule has 0 aliphatic heterocycles. The van der Waals surface area contributed by atoms with Crippen LogP contribution in [0.5, 0.6) is 11.5 Å². The number of benzene rings is 5. The number of aliphatic imine (C=N–C) groups is 1. The van der Waals surface area contributed by atoms with Crippen molar-refractivity contribution in [2.45, 2.75) is 64.3 Å². The molecular formula is C49H56N6O7. The van der Waals surface area contributed by atoms with Crippen LogP contribution in [-0.4, -0.2) is 67.5 Å². The minimum Gasteiger partial charge on any atom is -0.489 e. The molecule has 0 unspecified atom stereocenters. The molecule has 0 saturated carbocycles. The quantitative estimate of drug-likeness (QED) is 0.0161. The van der Waals surface area contributed by atoms with Gasteiger partial charge in [0.05, 0.1) is 0 Å². The Kier molecular flexibility index (Phi) is 17.0. The predicted molar refractivity (Wildman–Crippen MR) is 244 cm³/mol. The summed E-state index contributed by atoms with van der Waals surface area (Å²) < 4.78 is 18.0. The zero-order valence-corrected chi connectivity index (χ0v) is 35.3. The summed E-state index contributed by atoms with van der Waals surface area (Å²) in [4.78, 5) is 58.8. The van der Waals surface area contributed by atoms with E-state index in [2.05, 4.69) is 34.1 Å². The van der Waals surface area contributed by atoms with Crippen LogP contribution in [0.4, 0.5) is 0 Å². The Hall–Kier alpha value is -7.15. The maximum atomic E-state index is 14.0. The largest absolute Gasteiger partial charge is 0.489 e. The number of nitrogens with zero attached hydrogens (tertiary/aromatic N) is 1. The van der Waals surface area contributed by atoms with Gasteiger partial charge in [0, 0.05) is 17.7 Å². The topological polar surface area (TPSA) is 196 Å². The van der Waals surface area contributed by atoms with Gasteiger partial charge >= 0.3 is 5.97 Å². The van der Waals surface area contributed by atoms with Crippen molar-refractivity contribution in [2.24, 2.45) is 22.4 Å². The molecule has 5 aromatic rings. The molecule has 13 nitrogen and oxygen atoms in total. The lowest BCUT2D eigenvalue weighted by atomic mass is 9.92. The summed E-state index contributed by atoms with van der Waals surface area (Å²) in [6.45, 7) is 11.4. The van der Waals surface area contributed by atoms with E-state index in [1.807, 2.05) is 117 Å². The summed E-state index contributed by atoms with van der Waals surface area (Å²) in [5, 5.41) is 12.2. The van der Waals surface area contributed by atoms with Crippen molar-refractivity contribution in [3.05, 3.63) is 134 Å². The van der Waals surface area contributed by atoms with Crippen molar-refractivity contribution in [1.82, 2.24) is 16.0 Å². The average Bonchev–Trinajstić information content (AvgIpc) is 3.27. The highest BCUT2D eigenvalue weighted by molar-refractivity contribution is 6.10. The molecule has 324 valence electrons. The maximum Gasteiger partial charge on any atom is 0.329 e. The molecular weight excluding hydrogens is 785 g/mol. The molecule has 0 heterocycles. The van der Waals surface area contributed by atoms with Gasteiger partial charge in [-0.25, -0.2) is 4.79 Å². The first kappa shape index (κ1) is 45.9. The second-order valence-electron chi connectivity index (χ2n) is 15.1. The number of amides is 3. The lowest BCUT2D eigenvalue weighted by Gasteiger charge is -2.25. The molecule has 0 aromatic heterocycles. The second kappa shape index (κ2) is 23.0. The number of nitrogens with two attached hydrogens (primary N) is 2. The van der Waals surface area contributed by atoms with Crippen molar-refractivity contribution in [2.75, 3.05) is 19.8 Å². The fraction of sp³-hybridized carbons (Fsp3) is 0.286. The molecule has 3 amide bonds. The van der Waals surface area contributed by atoms with Crippen LogP contribution in [-0.2, 0) is 30.5 Å². The normalized spacial score (nSPS) is 12.4. The van der Waals surface area contributed by atoms with E-state index < -0.39 is 48.4 Å². The standard InChI is InChI=1S/C49H56N6O7/c1-5-15-39(48(59)62-30-33-16-8-7-9-17-33)55-46(57)38(22-14-27-52-49(50)51)54-47(58)40(29-32(3)4)53-43(56)31-61-42-26-24-35-19-11-13-21-37(35)45(42)44-36-20-12-10-18-34(36)23-25-41(44)60-28-6-2/h5-13,16-21,23-26,32,38-40H,1-2,14-15,22,27-31H2,3-4H3,(H,53,56)(H,54,58)(H,55,57)(H4,50,51,52)/t38-,39+,40-/m1/s1. The first-order chi connectivity index (χ1) is 30.0. The molecule has 3 atom stereocenters. The first-order valence-electron chi connectivity index (χ1n) is 20.7.